The highest BCUT2D eigenvalue weighted by molar-refractivity contribution is 7.89. The summed E-state index contributed by atoms with van der Waals surface area (Å²) in [6.07, 6.45) is 0. The zero-order valence-electron chi connectivity index (χ0n) is 20.1. The maximum atomic E-state index is 13.7. The molecule has 0 saturated carbocycles. The summed E-state index contributed by atoms with van der Waals surface area (Å²) >= 11 is 0. The molecule has 3 aromatic carbocycles. The number of carbonyl (C=O) groups excluding carboxylic acids is 3. The summed E-state index contributed by atoms with van der Waals surface area (Å²) in [5, 5.41) is 13.3. The molecule has 3 rings (SSSR count). The van der Waals surface area contributed by atoms with Gasteiger partial charge in [0.25, 0.3) is 0 Å². The zero-order valence-corrected chi connectivity index (χ0v) is 20.9. The van der Waals surface area contributed by atoms with E-state index in [4.69, 9.17) is 15.6 Å². The van der Waals surface area contributed by atoms with E-state index in [0.717, 1.165) is 0 Å². The molecule has 0 atom stereocenters. The molecule has 0 aliphatic carbocycles. The highest BCUT2D eigenvalue weighted by Crippen LogP contribution is 2.29. The Balaban J connectivity index is 1.91. The minimum absolute atomic E-state index is 0.0433. The number of carboxylic acids is 1. The Bertz CT molecular complexity index is 1380. The number of anilines is 2. The summed E-state index contributed by atoms with van der Waals surface area (Å²) in [7, 11) is -2.73. The third-order valence-electron chi connectivity index (χ3n) is 5.25. The lowest BCUT2D eigenvalue weighted by Crippen LogP contribution is -2.31. The second kappa shape index (κ2) is 12.0. The largest absolute Gasteiger partial charge is 0.495 e. The van der Waals surface area contributed by atoms with Crippen LogP contribution in [0.4, 0.5) is 11.4 Å². The minimum Gasteiger partial charge on any atom is -0.495 e. The number of primary amides is 1. The van der Waals surface area contributed by atoms with Gasteiger partial charge in [-0.3, -0.25) is 14.4 Å². The topological polar surface area (TPSA) is 185 Å². The van der Waals surface area contributed by atoms with Gasteiger partial charge < -0.3 is 26.2 Å². The van der Waals surface area contributed by atoms with Crippen molar-refractivity contribution in [2.75, 3.05) is 17.7 Å². The van der Waals surface area contributed by atoms with E-state index in [-0.39, 0.29) is 29.4 Å². The number of methoxy groups -OCH3 is 1. The molecule has 5 N–H and O–H groups in total. The fourth-order valence-electron chi connectivity index (χ4n) is 3.37. The van der Waals surface area contributed by atoms with Crippen LogP contribution in [-0.2, 0) is 42.3 Å². The van der Waals surface area contributed by atoms with Gasteiger partial charge in [0.2, 0.25) is 10.0 Å². The summed E-state index contributed by atoms with van der Waals surface area (Å²) < 4.78 is 33.9. The molecule has 198 valence electrons. The smallest absolute Gasteiger partial charge is 0.394 e. The molecule has 0 unspecified atom stereocenters. The number of hydrogen-bond acceptors (Lipinski definition) is 7. The van der Waals surface area contributed by atoms with Crippen LogP contribution in [0.1, 0.15) is 11.1 Å². The molecule has 3 amide bonds. The molecular weight excluding hydrogens is 516 g/mol. The Morgan fingerprint density at radius 2 is 1.29 bits per heavy atom. The van der Waals surface area contributed by atoms with E-state index in [9.17, 15) is 27.6 Å². The SMILES string of the molecule is COc1ccccc1S(=O)(=O)N(Cc1ccc(NC(=O)C(N)=O)cc1)Cc1ccc(NC(=O)C(=O)O)cc1. The number of carboxylic acid groups (broad SMARTS) is 1. The quantitative estimate of drug-likeness (QED) is 0.294. The van der Waals surface area contributed by atoms with Crippen LogP contribution in [0.5, 0.6) is 5.75 Å². The maximum Gasteiger partial charge on any atom is 0.394 e. The highest BCUT2D eigenvalue weighted by Gasteiger charge is 2.28. The van der Waals surface area contributed by atoms with Gasteiger partial charge in [0, 0.05) is 24.5 Å². The average molecular weight is 541 g/mol. The lowest BCUT2D eigenvalue weighted by Gasteiger charge is -2.24. The number of nitrogens with zero attached hydrogens (tertiary/aromatic N) is 1. The average Bonchev–Trinajstić information content (AvgIpc) is 2.90. The Morgan fingerprint density at radius 1 is 0.816 bits per heavy atom. The van der Waals surface area contributed by atoms with Gasteiger partial charge in [-0.05, 0) is 47.5 Å². The zero-order chi connectivity index (χ0) is 27.9. The second-order valence-electron chi connectivity index (χ2n) is 7.90. The number of carbonyl (C=O) groups is 4. The first-order valence-electron chi connectivity index (χ1n) is 11.0. The van der Waals surface area contributed by atoms with Gasteiger partial charge in [0.15, 0.2) is 0 Å². The fraction of sp³-hybridized carbons (Fsp3) is 0.120. The molecule has 0 aliphatic rings. The first-order valence-corrected chi connectivity index (χ1v) is 12.4. The minimum atomic E-state index is -4.09. The van der Waals surface area contributed by atoms with Gasteiger partial charge >= 0.3 is 23.7 Å². The summed E-state index contributed by atoms with van der Waals surface area (Å²) in [5.74, 6) is -4.80. The molecule has 38 heavy (non-hydrogen) atoms. The van der Waals surface area contributed by atoms with Crippen molar-refractivity contribution in [3.63, 3.8) is 0 Å². The predicted molar refractivity (Wildman–Crippen MR) is 136 cm³/mol. The molecule has 0 bridgehead atoms. The number of nitrogens with one attached hydrogen (secondary N) is 2. The Kier molecular flexibility index (Phi) is 8.78. The number of para-hydroxylation sites is 1. The van der Waals surface area contributed by atoms with Crippen LogP contribution in [0.2, 0.25) is 0 Å². The fourth-order valence-corrected chi connectivity index (χ4v) is 4.94. The number of nitrogens with two attached hydrogens (primary N) is 1. The number of benzene rings is 3. The van der Waals surface area contributed by atoms with Crippen molar-refractivity contribution in [2.45, 2.75) is 18.0 Å². The van der Waals surface area contributed by atoms with E-state index in [2.05, 4.69) is 10.6 Å². The molecule has 13 heteroatoms. The Labute approximate surface area is 218 Å². The van der Waals surface area contributed by atoms with Crippen LogP contribution >= 0.6 is 0 Å². The summed E-state index contributed by atoms with van der Waals surface area (Å²) in [5.41, 5.74) is 6.61. The van der Waals surface area contributed by atoms with Crippen molar-refractivity contribution >= 4 is 45.1 Å². The first kappa shape index (κ1) is 27.8. The van der Waals surface area contributed by atoms with Crippen LogP contribution in [0, 0.1) is 0 Å². The number of rotatable bonds is 9. The van der Waals surface area contributed by atoms with E-state index < -0.39 is 33.7 Å². The molecule has 0 spiro atoms. The summed E-state index contributed by atoms with van der Waals surface area (Å²) in [6.45, 7) is -0.143. The number of amides is 3. The normalized spacial score (nSPS) is 11.0. The number of ether oxygens (including phenoxy) is 1. The maximum absolute atomic E-state index is 13.7. The van der Waals surface area contributed by atoms with E-state index >= 15 is 0 Å². The Morgan fingerprint density at radius 3 is 1.74 bits per heavy atom. The molecule has 0 saturated heterocycles. The van der Waals surface area contributed by atoms with Crippen LogP contribution in [0.25, 0.3) is 0 Å². The van der Waals surface area contributed by atoms with Gasteiger partial charge in [-0.2, -0.15) is 4.31 Å². The molecule has 0 radical (unpaired) electrons. The van der Waals surface area contributed by atoms with Crippen molar-refractivity contribution in [2.24, 2.45) is 5.73 Å². The Hall–Kier alpha value is -4.75. The van der Waals surface area contributed by atoms with Gasteiger partial charge in [-0.15, -0.1) is 0 Å². The predicted octanol–water partition coefficient (Wildman–Crippen LogP) is 1.53. The van der Waals surface area contributed by atoms with Crippen molar-refractivity contribution in [1.82, 2.24) is 4.31 Å². The van der Waals surface area contributed by atoms with E-state index in [1.807, 2.05) is 0 Å². The second-order valence-corrected chi connectivity index (χ2v) is 9.80. The molecule has 12 nitrogen and oxygen atoms in total. The number of sulfonamides is 1. The van der Waals surface area contributed by atoms with Gasteiger partial charge in [0.1, 0.15) is 10.6 Å². The molecule has 0 heterocycles. The number of aliphatic carboxylic acids is 1. The van der Waals surface area contributed by atoms with Crippen molar-refractivity contribution < 1.29 is 37.4 Å². The van der Waals surface area contributed by atoms with Crippen LogP contribution in [0.3, 0.4) is 0 Å². The van der Waals surface area contributed by atoms with Crippen molar-refractivity contribution in [1.29, 1.82) is 0 Å². The van der Waals surface area contributed by atoms with E-state index in [1.54, 1.807) is 36.4 Å². The highest BCUT2D eigenvalue weighted by atomic mass is 32.2. The molecular formula is C25H24N4O8S. The molecule has 3 aromatic rings. The van der Waals surface area contributed by atoms with Crippen molar-refractivity contribution in [3.05, 3.63) is 83.9 Å². The van der Waals surface area contributed by atoms with Gasteiger partial charge in [-0.25, -0.2) is 13.2 Å². The molecule has 0 aromatic heterocycles. The van der Waals surface area contributed by atoms with Gasteiger partial charge in [-0.1, -0.05) is 36.4 Å². The third-order valence-corrected chi connectivity index (χ3v) is 7.08. The molecule has 0 fully saturated rings. The molecule has 0 aliphatic heterocycles. The standard InChI is InChI=1S/C25H24N4O8S/c1-37-20-4-2-3-5-21(20)38(35,36)29(14-16-6-10-18(11-7-16)27-23(31)22(26)30)15-17-8-12-19(13-9-17)28-24(32)25(33)34/h2-13H,14-15H2,1H3,(H2,26,30)(H,27,31)(H,28,32)(H,33,34). The van der Waals surface area contributed by atoms with Crippen molar-refractivity contribution in [3.8, 4) is 5.75 Å². The van der Waals surface area contributed by atoms with Crippen LogP contribution in [0.15, 0.2) is 77.7 Å². The summed E-state index contributed by atoms with van der Waals surface area (Å²) in [6, 6.07) is 18.4. The lowest BCUT2D eigenvalue weighted by atomic mass is 10.1. The monoisotopic (exact) mass is 540 g/mol. The summed E-state index contributed by atoms with van der Waals surface area (Å²) in [4.78, 5) is 44.6. The van der Waals surface area contributed by atoms with Crippen LogP contribution in [-0.4, -0.2) is 48.6 Å². The van der Waals surface area contributed by atoms with Crippen LogP contribution < -0.4 is 21.1 Å². The third kappa shape index (κ3) is 6.93. The van der Waals surface area contributed by atoms with Gasteiger partial charge in [0.05, 0.1) is 7.11 Å². The first-order chi connectivity index (χ1) is 18.0. The number of hydrogen-bond donors (Lipinski definition) is 4. The van der Waals surface area contributed by atoms with E-state index in [0.29, 0.717) is 16.8 Å². The van der Waals surface area contributed by atoms with E-state index in [1.165, 1.54) is 47.8 Å². The lowest BCUT2D eigenvalue weighted by molar-refractivity contribution is -0.147.